The fraction of sp³-hybridized carbons (Fsp3) is 0.333. The molecule has 0 spiro atoms. The first-order valence-electron chi connectivity index (χ1n) is 2.56. The van der Waals surface area contributed by atoms with Crippen molar-refractivity contribution >= 4 is 6.71 Å². The Balaban J connectivity index is 3.25. The van der Waals surface area contributed by atoms with Crippen molar-refractivity contribution in [2.24, 2.45) is 0 Å². The van der Waals surface area contributed by atoms with Crippen LogP contribution in [0, 0.1) is 0 Å². The Hall–Kier alpha value is -0.455. The van der Waals surface area contributed by atoms with Crippen molar-refractivity contribution in [2.75, 3.05) is 0 Å². The molecule has 0 fully saturated rings. The van der Waals surface area contributed by atoms with Crippen molar-refractivity contribution in [2.45, 2.75) is 13.6 Å². The average molecular weight is 94.0 g/mol. The Morgan fingerprint density at radius 1 is 1.43 bits per heavy atom. The van der Waals surface area contributed by atoms with Crippen LogP contribution < -0.4 is 0 Å². The predicted octanol–water partition coefficient (Wildman–Crippen LogP) is 2.02. The highest BCUT2D eigenvalue weighted by molar-refractivity contribution is 6.61. The summed E-state index contributed by atoms with van der Waals surface area (Å²) in [6, 6.07) is 0. The quantitative estimate of drug-likeness (QED) is 0.362. The summed E-state index contributed by atoms with van der Waals surface area (Å²) in [5.74, 6) is 2.10. The van der Waals surface area contributed by atoms with E-state index in [0.29, 0.717) is 6.71 Å². The highest BCUT2D eigenvalue weighted by atomic mass is 13.5. The Bertz CT molecular complexity index is 72.2. The van der Waals surface area contributed by atoms with Crippen LogP contribution in [0.2, 0.25) is 13.6 Å². The van der Waals surface area contributed by atoms with Crippen molar-refractivity contribution in [3.63, 3.8) is 0 Å². The van der Waals surface area contributed by atoms with Crippen molar-refractivity contribution in [1.29, 1.82) is 0 Å². The molecule has 0 aliphatic heterocycles. The van der Waals surface area contributed by atoms with E-state index >= 15 is 0 Å². The van der Waals surface area contributed by atoms with Crippen LogP contribution in [0.25, 0.3) is 0 Å². The standard InChI is InChI=1S/C6H11B/c1-4-5-6-7(2)3/h4-6H,1H2,2-3H3. The summed E-state index contributed by atoms with van der Waals surface area (Å²) >= 11 is 0. The van der Waals surface area contributed by atoms with Crippen LogP contribution in [0.4, 0.5) is 0 Å². The first-order valence-corrected chi connectivity index (χ1v) is 2.56. The van der Waals surface area contributed by atoms with Gasteiger partial charge in [-0.1, -0.05) is 32.4 Å². The van der Waals surface area contributed by atoms with Gasteiger partial charge in [-0.05, 0) is 0 Å². The minimum Gasteiger partial charge on any atom is -0.116 e. The molecular formula is C6H11B. The van der Waals surface area contributed by atoms with Gasteiger partial charge >= 0.3 is 0 Å². The van der Waals surface area contributed by atoms with Crippen LogP contribution in [0.1, 0.15) is 0 Å². The lowest BCUT2D eigenvalue weighted by Gasteiger charge is -1.81. The summed E-state index contributed by atoms with van der Waals surface area (Å²) in [6.45, 7) is 8.47. The Kier molecular flexibility index (Phi) is 3.48. The first kappa shape index (κ1) is 6.54. The molecule has 0 aromatic carbocycles. The maximum Gasteiger partial charge on any atom is 0.160 e. The van der Waals surface area contributed by atoms with Gasteiger partial charge in [-0.25, -0.2) is 0 Å². The molecule has 0 bridgehead atoms. The number of hydrogen-bond donors (Lipinski definition) is 0. The lowest BCUT2D eigenvalue weighted by Crippen LogP contribution is -1.90. The molecule has 0 saturated carbocycles. The van der Waals surface area contributed by atoms with Gasteiger partial charge in [-0.3, -0.25) is 0 Å². The highest BCUT2D eigenvalue weighted by Gasteiger charge is 1.84. The van der Waals surface area contributed by atoms with Gasteiger partial charge in [0.25, 0.3) is 0 Å². The molecule has 0 aliphatic rings. The summed E-state index contributed by atoms with van der Waals surface area (Å²) in [5, 5.41) is 0. The fourth-order valence-corrected chi connectivity index (χ4v) is 0.301. The summed E-state index contributed by atoms with van der Waals surface area (Å²) < 4.78 is 0. The zero-order chi connectivity index (χ0) is 5.70. The fourth-order valence-electron chi connectivity index (χ4n) is 0.301. The van der Waals surface area contributed by atoms with Crippen molar-refractivity contribution in [3.8, 4) is 0 Å². The SMILES string of the molecule is C=CC=CB(C)C. The minimum atomic E-state index is 0.651. The molecular weight excluding hydrogens is 82.9 g/mol. The van der Waals surface area contributed by atoms with E-state index in [1.54, 1.807) is 6.08 Å². The number of rotatable bonds is 2. The molecule has 0 aliphatic carbocycles. The third-order valence-corrected chi connectivity index (χ3v) is 0.632. The maximum atomic E-state index is 3.55. The predicted molar refractivity (Wildman–Crippen MR) is 36.8 cm³/mol. The molecule has 38 valence electrons. The summed E-state index contributed by atoms with van der Waals surface area (Å²) in [5.41, 5.74) is 0. The summed E-state index contributed by atoms with van der Waals surface area (Å²) in [4.78, 5) is 0. The third kappa shape index (κ3) is 5.54. The van der Waals surface area contributed by atoms with Gasteiger partial charge in [-0.2, -0.15) is 0 Å². The van der Waals surface area contributed by atoms with Crippen molar-refractivity contribution < 1.29 is 0 Å². The molecule has 0 N–H and O–H groups in total. The summed E-state index contributed by atoms with van der Waals surface area (Å²) in [6.07, 6.45) is 3.75. The maximum absolute atomic E-state index is 3.55. The van der Waals surface area contributed by atoms with Crippen LogP contribution in [-0.2, 0) is 0 Å². The Morgan fingerprint density at radius 2 is 2.00 bits per heavy atom. The highest BCUT2D eigenvalue weighted by Crippen LogP contribution is 1.80. The van der Waals surface area contributed by atoms with Crippen LogP contribution in [0.5, 0.6) is 0 Å². The van der Waals surface area contributed by atoms with E-state index in [2.05, 4.69) is 26.2 Å². The van der Waals surface area contributed by atoms with Gasteiger partial charge in [-0.15, -0.1) is 5.98 Å². The Labute approximate surface area is 46.0 Å². The molecule has 0 nitrogen and oxygen atoms in total. The van der Waals surface area contributed by atoms with E-state index in [0.717, 1.165) is 0 Å². The molecule has 0 aromatic rings. The van der Waals surface area contributed by atoms with E-state index in [4.69, 9.17) is 0 Å². The van der Waals surface area contributed by atoms with Crippen molar-refractivity contribution in [3.05, 3.63) is 24.7 Å². The largest absolute Gasteiger partial charge is 0.160 e. The third-order valence-electron chi connectivity index (χ3n) is 0.632. The topological polar surface area (TPSA) is 0 Å². The van der Waals surface area contributed by atoms with Crippen LogP contribution in [-0.4, -0.2) is 6.71 Å². The molecule has 0 unspecified atom stereocenters. The summed E-state index contributed by atoms with van der Waals surface area (Å²) in [7, 11) is 0. The monoisotopic (exact) mass is 94.1 g/mol. The van der Waals surface area contributed by atoms with Gasteiger partial charge in [0.15, 0.2) is 6.71 Å². The zero-order valence-electron chi connectivity index (χ0n) is 5.02. The molecule has 0 aromatic heterocycles. The van der Waals surface area contributed by atoms with E-state index in [1.165, 1.54) is 0 Å². The molecule has 7 heavy (non-hydrogen) atoms. The van der Waals surface area contributed by atoms with Gasteiger partial charge < -0.3 is 0 Å². The van der Waals surface area contributed by atoms with Gasteiger partial charge in [0.05, 0.1) is 0 Å². The molecule has 0 rings (SSSR count). The number of allylic oxidation sites excluding steroid dienone is 2. The van der Waals surface area contributed by atoms with E-state index in [9.17, 15) is 0 Å². The van der Waals surface area contributed by atoms with Gasteiger partial charge in [0.2, 0.25) is 0 Å². The van der Waals surface area contributed by atoms with Crippen molar-refractivity contribution in [1.82, 2.24) is 0 Å². The molecule has 0 heterocycles. The second-order valence-electron chi connectivity index (χ2n) is 1.86. The normalized spacial score (nSPS) is 9.43. The lowest BCUT2D eigenvalue weighted by molar-refractivity contribution is 1.95. The average Bonchev–Trinajstić information content (AvgIpc) is 1.61. The number of hydrogen-bond acceptors (Lipinski definition) is 0. The smallest absolute Gasteiger partial charge is 0.116 e. The van der Waals surface area contributed by atoms with E-state index in [1.807, 2.05) is 6.08 Å². The lowest BCUT2D eigenvalue weighted by atomic mass is 9.55. The molecule has 1 heteroatoms. The molecule has 0 amide bonds. The minimum absolute atomic E-state index is 0.651. The van der Waals surface area contributed by atoms with Crippen LogP contribution in [0.15, 0.2) is 24.7 Å². The molecule has 0 radical (unpaired) electrons. The molecule has 0 saturated heterocycles. The van der Waals surface area contributed by atoms with Gasteiger partial charge in [0, 0.05) is 0 Å². The van der Waals surface area contributed by atoms with Crippen LogP contribution in [0.3, 0.4) is 0 Å². The van der Waals surface area contributed by atoms with Crippen LogP contribution >= 0.6 is 0 Å². The second-order valence-corrected chi connectivity index (χ2v) is 1.86. The van der Waals surface area contributed by atoms with E-state index < -0.39 is 0 Å². The zero-order valence-corrected chi connectivity index (χ0v) is 5.02. The molecule has 0 atom stereocenters. The Morgan fingerprint density at radius 3 is 2.14 bits per heavy atom. The second kappa shape index (κ2) is 3.73. The van der Waals surface area contributed by atoms with E-state index in [-0.39, 0.29) is 0 Å². The first-order chi connectivity index (χ1) is 3.27. The van der Waals surface area contributed by atoms with Gasteiger partial charge in [0.1, 0.15) is 0 Å².